The molecule has 168 valence electrons. The summed E-state index contributed by atoms with van der Waals surface area (Å²) in [4.78, 5) is 35.1. The van der Waals surface area contributed by atoms with Gasteiger partial charge in [0, 0.05) is 28.9 Å². The molecule has 2 amide bonds. The molecule has 0 aliphatic carbocycles. The van der Waals surface area contributed by atoms with Crippen molar-refractivity contribution in [2.24, 2.45) is 5.73 Å². The van der Waals surface area contributed by atoms with E-state index >= 15 is 0 Å². The summed E-state index contributed by atoms with van der Waals surface area (Å²) in [6.45, 7) is -0.269. The highest BCUT2D eigenvalue weighted by Gasteiger charge is 2.38. The molecule has 0 bridgehead atoms. The first-order valence-corrected chi connectivity index (χ1v) is 9.20. The van der Waals surface area contributed by atoms with Crippen molar-refractivity contribution in [1.82, 2.24) is 20.1 Å². The van der Waals surface area contributed by atoms with E-state index in [0.29, 0.717) is 10.9 Å². The van der Waals surface area contributed by atoms with Gasteiger partial charge in [-0.25, -0.2) is 4.79 Å². The van der Waals surface area contributed by atoms with E-state index < -0.39 is 24.1 Å². The molecular formula is C20H13F3N6O4. The van der Waals surface area contributed by atoms with E-state index in [0.717, 1.165) is 0 Å². The highest BCUT2D eigenvalue weighted by Crippen LogP contribution is 2.33. The second-order valence-electron chi connectivity index (χ2n) is 6.56. The molecule has 0 spiro atoms. The van der Waals surface area contributed by atoms with E-state index in [1.807, 2.05) is 0 Å². The van der Waals surface area contributed by atoms with E-state index in [2.05, 4.69) is 29.9 Å². The maximum Gasteiger partial charge on any atom is 0.471 e. The first-order valence-electron chi connectivity index (χ1n) is 9.20. The molecule has 4 rings (SSSR count). The van der Waals surface area contributed by atoms with Crippen molar-refractivity contribution in [3.05, 3.63) is 65.9 Å². The first kappa shape index (κ1) is 21.7. The Bertz CT molecular complexity index is 1360. The first-order chi connectivity index (χ1) is 15.7. The highest BCUT2D eigenvalue weighted by atomic mass is 19.4. The van der Waals surface area contributed by atoms with Gasteiger partial charge in [-0.2, -0.15) is 18.2 Å². The number of aromatic nitrogens is 4. The van der Waals surface area contributed by atoms with Crippen LogP contribution < -0.4 is 11.1 Å². The van der Waals surface area contributed by atoms with Gasteiger partial charge in [0.15, 0.2) is 0 Å². The van der Waals surface area contributed by atoms with Gasteiger partial charge >= 0.3 is 18.2 Å². The molecule has 3 heterocycles. The number of nitrogens with one attached hydrogen (secondary N) is 1. The monoisotopic (exact) mass is 458 g/mol. The molecular weight excluding hydrogens is 445 g/mol. The second-order valence-corrected chi connectivity index (χ2v) is 6.56. The number of ether oxygens (including phenoxy) is 1. The molecule has 0 saturated carbocycles. The number of nitrogens with zero attached hydrogens (tertiary/aromatic N) is 4. The molecule has 33 heavy (non-hydrogen) atoms. The van der Waals surface area contributed by atoms with Crippen LogP contribution in [0.3, 0.4) is 0 Å². The smallest absolute Gasteiger partial charge is 0.444 e. The predicted molar refractivity (Wildman–Crippen MR) is 107 cm³/mol. The van der Waals surface area contributed by atoms with Crippen molar-refractivity contribution in [2.75, 3.05) is 5.32 Å². The van der Waals surface area contributed by atoms with E-state index in [1.165, 1.54) is 30.6 Å². The molecule has 0 aliphatic heterocycles. The van der Waals surface area contributed by atoms with E-state index in [1.54, 1.807) is 18.2 Å². The number of rotatable bonds is 5. The van der Waals surface area contributed by atoms with Crippen LogP contribution in [0, 0.1) is 0 Å². The zero-order chi connectivity index (χ0) is 23.6. The quantitative estimate of drug-likeness (QED) is 0.462. The van der Waals surface area contributed by atoms with E-state index in [-0.39, 0.29) is 34.9 Å². The van der Waals surface area contributed by atoms with Crippen molar-refractivity contribution >= 4 is 28.6 Å². The number of fused-ring (bicyclic) bond motifs is 1. The van der Waals surface area contributed by atoms with Crippen LogP contribution in [0.5, 0.6) is 0 Å². The Kier molecular flexibility index (Phi) is 5.60. The Hall–Kier alpha value is -4.55. The minimum absolute atomic E-state index is 0.0253. The summed E-state index contributed by atoms with van der Waals surface area (Å²) in [7, 11) is 0. The molecule has 0 aliphatic rings. The number of alkyl halides is 3. The lowest BCUT2D eigenvalue weighted by molar-refractivity contribution is -0.159. The lowest BCUT2D eigenvalue weighted by Crippen LogP contribution is -2.18. The molecule has 13 heteroatoms. The van der Waals surface area contributed by atoms with E-state index in [9.17, 15) is 22.8 Å². The highest BCUT2D eigenvalue weighted by molar-refractivity contribution is 6.03. The van der Waals surface area contributed by atoms with Gasteiger partial charge in [0.1, 0.15) is 12.3 Å². The maximum atomic E-state index is 12.8. The van der Waals surface area contributed by atoms with Crippen LogP contribution in [0.25, 0.3) is 22.3 Å². The minimum atomic E-state index is -4.79. The summed E-state index contributed by atoms with van der Waals surface area (Å²) in [6.07, 6.45) is -2.84. The molecule has 0 saturated heterocycles. The number of carbonyl (C=O) groups excluding carboxylic acids is 2. The summed E-state index contributed by atoms with van der Waals surface area (Å²) in [5.41, 5.74) is 6.22. The summed E-state index contributed by atoms with van der Waals surface area (Å²) in [6, 6.07) is 9.09. The maximum absolute atomic E-state index is 12.8. The Labute approximate surface area is 182 Å². The van der Waals surface area contributed by atoms with Crippen molar-refractivity contribution in [2.45, 2.75) is 12.8 Å². The van der Waals surface area contributed by atoms with Gasteiger partial charge < -0.3 is 15.0 Å². The van der Waals surface area contributed by atoms with Gasteiger partial charge in [-0.3, -0.25) is 20.1 Å². The van der Waals surface area contributed by atoms with Crippen LogP contribution in [0.2, 0.25) is 0 Å². The average Bonchev–Trinajstić information content (AvgIpc) is 3.29. The summed E-state index contributed by atoms with van der Waals surface area (Å²) in [5.74, 6) is -2.56. The molecule has 0 radical (unpaired) electrons. The molecule has 3 N–H and O–H groups in total. The van der Waals surface area contributed by atoms with Crippen LogP contribution in [0.15, 0.2) is 53.3 Å². The number of halogens is 3. The number of hydrogen-bond acceptors (Lipinski definition) is 8. The standard InChI is InChI=1S/C20H13F3N6O4/c21-20(22,23)18-28-17(29-33-18)12-5-6-13(11-4-2-8-26-15(11)12)27-19(31)32-9-10-3-1-7-25-14(10)16(24)30/h1-8H,9H2,(H2,24,30)(H,27,31). The van der Waals surface area contributed by atoms with Crippen LogP contribution in [-0.4, -0.2) is 32.1 Å². The van der Waals surface area contributed by atoms with Crippen molar-refractivity contribution in [1.29, 1.82) is 0 Å². The molecule has 0 fully saturated rings. The van der Waals surface area contributed by atoms with Gasteiger partial charge in [0.05, 0.1) is 11.2 Å². The molecule has 0 atom stereocenters. The molecule has 3 aromatic heterocycles. The largest absolute Gasteiger partial charge is 0.471 e. The van der Waals surface area contributed by atoms with Crippen molar-refractivity contribution in [3.8, 4) is 11.4 Å². The average molecular weight is 458 g/mol. The van der Waals surface area contributed by atoms with Gasteiger partial charge in [0.25, 0.3) is 5.91 Å². The Morgan fingerprint density at radius 2 is 1.85 bits per heavy atom. The number of amides is 2. The number of nitrogens with two attached hydrogens (primary N) is 1. The molecule has 10 nitrogen and oxygen atoms in total. The SMILES string of the molecule is NC(=O)c1ncccc1COC(=O)Nc1ccc(-c2noc(C(F)(F)F)n2)c2ncccc12. The lowest BCUT2D eigenvalue weighted by atomic mass is 10.1. The Morgan fingerprint density at radius 1 is 1.09 bits per heavy atom. The van der Waals surface area contributed by atoms with Gasteiger partial charge in [-0.05, 0) is 30.3 Å². The Balaban J connectivity index is 1.57. The fourth-order valence-corrected chi connectivity index (χ4v) is 2.98. The third-order valence-electron chi connectivity index (χ3n) is 4.40. The zero-order valence-electron chi connectivity index (χ0n) is 16.5. The van der Waals surface area contributed by atoms with Crippen LogP contribution >= 0.6 is 0 Å². The molecule has 1 aromatic carbocycles. The topological polar surface area (TPSA) is 146 Å². The van der Waals surface area contributed by atoms with Crippen LogP contribution in [0.4, 0.5) is 23.7 Å². The summed E-state index contributed by atoms with van der Waals surface area (Å²) < 4.78 is 47.8. The zero-order valence-corrected chi connectivity index (χ0v) is 16.5. The summed E-state index contributed by atoms with van der Waals surface area (Å²) >= 11 is 0. The number of primary amides is 1. The predicted octanol–water partition coefficient (Wildman–Crippen LogP) is 3.55. The molecule has 0 unspecified atom stereocenters. The summed E-state index contributed by atoms with van der Waals surface area (Å²) in [5, 5.41) is 6.30. The van der Waals surface area contributed by atoms with Gasteiger partial charge in [-0.1, -0.05) is 11.2 Å². The number of benzene rings is 1. The van der Waals surface area contributed by atoms with Crippen LogP contribution in [-0.2, 0) is 17.5 Å². The normalized spacial score (nSPS) is 11.4. The number of pyridine rings is 2. The minimum Gasteiger partial charge on any atom is -0.444 e. The third-order valence-corrected chi connectivity index (χ3v) is 4.40. The number of carbonyl (C=O) groups is 2. The lowest BCUT2D eigenvalue weighted by Gasteiger charge is -2.11. The third kappa shape index (κ3) is 4.56. The fourth-order valence-electron chi connectivity index (χ4n) is 2.98. The number of hydrogen-bond donors (Lipinski definition) is 2. The molecule has 4 aromatic rings. The van der Waals surface area contributed by atoms with Crippen molar-refractivity contribution in [3.63, 3.8) is 0 Å². The van der Waals surface area contributed by atoms with E-state index in [4.69, 9.17) is 10.5 Å². The van der Waals surface area contributed by atoms with Crippen molar-refractivity contribution < 1.29 is 32.0 Å². The Morgan fingerprint density at radius 3 is 2.58 bits per heavy atom. The fraction of sp³-hybridized carbons (Fsp3) is 0.100. The van der Waals surface area contributed by atoms with Crippen LogP contribution in [0.1, 0.15) is 21.9 Å². The second kappa shape index (κ2) is 8.53. The van der Waals surface area contributed by atoms with Gasteiger partial charge in [0.2, 0.25) is 5.82 Å². The van der Waals surface area contributed by atoms with Gasteiger partial charge in [-0.15, -0.1) is 0 Å². The number of anilines is 1.